The van der Waals surface area contributed by atoms with E-state index < -0.39 is 0 Å². The molecule has 0 unspecified atom stereocenters. The average molecular weight is 278 g/mol. The van der Waals surface area contributed by atoms with Gasteiger partial charge in [-0.15, -0.1) is 0 Å². The van der Waals surface area contributed by atoms with Gasteiger partial charge in [-0.25, -0.2) is 9.97 Å². The van der Waals surface area contributed by atoms with Crippen molar-refractivity contribution in [3.8, 4) is 0 Å². The lowest BCUT2D eigenvalue weighted by Crippen LogP contribution is -2.35. The minimum Gasteiger partial charge on any atom is -0.382 e. The van der Waals surface area contributed by atoms with Gasteiger partial charge in [0.25, 0.3) is 0 Å². The van der Waals surface area contributed by atoms with Crippen LogP contribution in [0, 0.1) is 5.92 Å². The molecule has 0 aliphatic rings. The molecule has 1 rings (SSSR count). The summed E-state index contributed by atoms with van der Waals surface area (Å²) in [7, 11) is 0. The van der Waals surface area contributed by atoms with Crippen LogP contribution in [0.4, 0.5) is 5.69 Å². The highest BCUT2D eigenvalue weighted by Crippen LogP contribution is 2.17. The Kier molecular flexibility index (Phi) is 5.93. The molecule has 0 aromatic carbocycles. The van der Waals surface area contributed by atoms with E-state index >= 15 is 0 Å². The Bertz CT molecular complexity index is 419. The molecule has 0 fully saturated rings. The summed E-state index contributed by atoms with van der Waals surface area (Å²) in [6, 6.07) is 0. The van der Waals surface area contributed by atoms with E-state index in [2.05, 4.69) is 64.1 Å². The van der Waals surface area contributed by atoms with Gasteiger partial charge in [-0.1, -0.05) is 27.7 Å². The van der Waals surface area contributed by atoms with Crippen molar-refractivity contribution >= 4 is 5.69 Å². The third kappa shape index (κ3) is 5.87. The molecular formula is C16H30N4. The normalized spacial score (nSPS) is 12.2. The molecule has 4 heteroatoms. The van der Waals surface area contributed by atoms with Crippen LogP contribution in [0.2, 0.25) is 0 Å². The van der Waals surface area contributed by atoms with E-state index in [4.69, 9.17) is 4.98 Å². The van der Waals surface area contributed by atoms with Crippen molar-refractivity contribution in [2.75, 3.05) is 11.9 Å². The Morgan fingerprint density at radius 2 is 1.80 bits per heavy atom. The predicted octanol–water partition coefficient (Wildman–Crippen LogP) is 3.56. The molecule has 1 aromatic rings. The van der Waals surface area contributed by atoms with Crippen molar-refractivity contribution in [3.05, 3.63) is 17.7 Å². The lowest BCUT2D eigenvalue weighted by atomic mass is 10.1. The van der Waals surface area contributed by atoms with E-state index in [1.807, 2.05) is 6.20 Å². The number of nitrogens with zero attached hydrogens (tertiary/aromatic N) is 2. The summed E-state index contributed by atoms with van der Waals surface area (Å²) in [5, 5.41) is 6.95. The topological polar surface area (TPSA) is 49.8 Å². The molecule has 0 bridgehead atoms. The number of hydrogen-bond acceptors (Lipinski definition) is 4. The Balaban J connectivity index is 2.91. The highest BCUT2D eigenvalue weighted by atomic mass is 15.0. The summed E-state index contributed by atoms with van der Waals surface area (Å²) in [4.78, 5) is 9.18. The zero-order valence-corrected chi connectivity index (χ0v) is 14.0. The summed E-state index contributed by atoms with van der Waals surface area (Å²) >= 11 is 0. The second-order valence-corrected chi connectivity index (χ2v) is 7.12. The fourth-order valence-electron chi connectivity index (χ4n) is 1.66. The first-order chi connectivity index (χ1) is 9.19. The van der Waals surface area contributed by atoms with Crippen LogP contribution in [0.5, 0.6) is 0 Å². The van der Waals surface area contributed by atoms with Crippen LogP contribution in [0.1, 0.15) is 65.9 Å². The fraction of sp³-hybridized carbons (Fsp3) is 0.750. The van der Waals surface area contributed by atoms with Crippen molar-refractivity contribution in [1.82, 2.24) is 15.3 Å². The van der Waals surface area contributed by atoms with E-state index in [-0.39, 0.29) is 5.54 Å². The van der Waals surface area contributed by atoms with Gasteiger partial charge in [-0.05, 0) is 26.7 Å². The maximum atomic E-state index is 4.72. The first-order valence-electron chi connectivity index (χ1n) is 7.53. The lowest BCUT2D eigenvalue weighted by Gasteiger charge is -2.22. The van der Waals surface area contributed by atoms with Gasteiger partial charge in [0.2, 0.25) is 0 Å². The third-order valence-electron chi connectivity index (χ3n) is 2.89. The highest BCUT2D eigenvalue weighted by molar-refractivity contribution is 5.46. The molecule has 2 N–H and O–H groups in total. The van der Waals surface area contributed by atoms with E-state index in [9.17, 15) is 0 Å². The maximum absolute atomic E-state index is 4.72. The molecule has 20 heavy (non-hydrogen) atoms. The smallest absolute Gasteiger partial charge is 0.131 e. The largest absolute Gasteiger partial charge is 0.382 e. The Morgan fingerprint density at radius 3 is 2.30 bits per heavy atom. The summed E-state index contributed by atoms with van der Waals surface area (Å²) < 4.78 is 0. The molecule has 0 amide bonds. The molecule has 0 radical (unpaired) electrons. The second-order valence-electron chi connectivity index (χ2n) is 7.12. The lowest BCUT2D eigenvalue weighted by molar-refractivity contribution is 0.421. The number of aromatic nitrogens is 2. The average Bonchev–Trinajstić information content (AvgIpc) is 2.33. The van der Waals surface area contributed by atoms with E-state index in [1.54, 1.807) is 0 Å². The predicted molar refractivity (Wildman–Crippen MR) is 86.0 cm³/mol. The van der Waals surface area contributed by atoms with Gasteiger partial charge in [-0.2, -0.15) is 0 Å². The molecule has 0 aliphatic heterocycles. The fourth-order valence-corrected chi connectivity index (χ4v) is 1.66. The number of hydrogen-bond donors (Lipinski definition) is 2. The first-order valence-corrected chi connectivity index (χ1v) is 7.53. The van der Waals surface area contributed by atoms with Crippen molar-refractivity contribution in [3.63, 3.8) is 0 Å². The first kappa shape index (κ1) is 16.9. The maximum Gasteiger partial charge on any atom is 0.131 e. The van der Waals surface area contributed by atoms with Gasteiger partial charge in [0.15, 0.2) is 0 Å². The molecular weight excluding hydrogens is 248 g/mol. The molecule has 1 aromatic heterocycles. The van der Waals surface area contributed by atoms with Gasteiger partial charge >= 0.3 is 0 Å². The van der Waals surface area contributed by atoms with Crippen LogP contribution in [-0.2, 0) is 6.54 Å². The number of anilines is 1. The van der Waals surface area contributed by atoms with Crippen molar-refractivity contribution in [2.45, 2.75) is 66.5 Å². The summed E-state index contributed by atoms with van der Waals surface area (Å²) in [5.41, 5.74) is 2.18. The van der Waals surface area contributed by atoms with Gasteiger partial charge in [0, 0.05) is 24.5 Å². The molecule has 114 valence electrons. The van der Waals surface area contributed by atoms with Crippen LogP contribution in [0.25, 0.3) is 0 Å². The number of nitrogens with one attached hydrogen (secondary N) is 2. The Hall–Kier alpha value is -1.16. The third-order valence-corrected chi connectivity index (χ3v) is 2.89. The second kappa shape index (κ2) is 7.02. The molecule has 0 atom stereocenters. The quantitative estimate of drug-likeness (QED) is 0.835. The molecule has 4 nitrogen and oxygen atoms in total. The van der Waals surface area contributed by atoms with Crippen LogP contribution >= 0.6 is 0 Å². The van der Waals surface area contributed by atoms with Gasteiger partial charge in [0.05, 0.1) is 17.6 Å². The Morgan fingerprint density at radius 1 is 1.15 bits per heavy atom. The minimum absolute atomic E-state index is 0.0816. The van der Waals surface area contributed by atoms with Crippen molar-refractivity contribution in [1.29, 1.82) is 0 Å². The van der Waals surface area contributed by atoms with Crippen LogP contribution in [-0.4, -0.2) is 22.1 Å². The van der Waals surface area contributed by atoms with Crippen LogP contribution in [0.3, 0.4) is 0 Å². The van der Waals surface area contributed by atoms with Crippen molar-refractivity contribution in [2.24, 2.45) is 5.92 Å². The van der Waals surface area contributed by atoms with Crippen LogP contribution in [0.15, 0.2) is 6.20 Å². The standard InChI is InChI=1S/C16H30N4/c1-11(2)8-17-13-9-18-15(12(3)4)20-14(13)10-19-16(5,6)7/h9,11-12,17,19H,8,10H2,1-7H3. The van der Waals surface area contributed by atoms with Crippen molar-refractivity contribution < 1.29 is 0 Å². The van der Waals surface area contributed by atoms with Gasteiger partial charge in [0.1, 0.15) is 5.82 Å². The molecule has 1 heterocycles. The highest BCUT2D eigenvalue weighted by Gasteiger charge is 2.14. The van der Waals surface area contributed by atoms with E-state index in [0.29, 0.717) is 11.8 Å². The molecule has 0 aliphatic carbocycles. The summed E-state index contributed by atoms with van der Waals surface area (Å²) in [5.74, 6) is 1.86. The zero-order valence-electron chi connectivity index (χ0n) is 14.0. The zero-order chi connectivity index (χ0) is 15.3. The van der Waals surface area contributed by atoms with Gasteiger partial charge < -0.3 is 10.6 Å². The molecule has 0 spiro atoms. The Labute approximate surface area is 123 Å². The molecule has 0 saturated heterocycles. The molecule has 0 saturated carbocycles. The summed E-state index contributed by atoms with van der Waals surface area (Å²) in [6.07, 6.45) is 1.92. The van der Waals surface area contributed by atoms with Crippen LogP contribution < -0.4 is 10.6 Å². The number of rotatable bonds is 6. The van der Waals surface area contributed by atoms with E-state index in [1.165, 1.54) is 0 Å². The SMILES string of the molecule is CC(C)CNc1cnc(C(C)C)nc1CNC(C)(C)C. The minimum atomic E-state index is 0.0816. The van der Waals surface area contributed by atoms with Gasteiger partial charge in [-0.3, -0.25) is 0 Å². The summed E-state index contributed by atoms with van der Waals surface area (Å²) in [6.45, 7) is 16.8. The van der Waals surface area contributed by atoms with E-state index in [0.717, 1.165) is 30.3 Å². The monoisotopic (exact) mass is 278 g/mol.